The Morgan fingerprint density at radius 1 is 1.29 bits per heavy atom. The molecule has 0 unspecified atom stereocenters. The number of carboxylic acids is 1. The Kier molecular flexibility index (Phi) is 3.25. The lowest BCUT2D eigenvalue weighted by Gasteiger charge is -2.06. The molecule has 6 heteroatoms. The number of hydrogen-bond acceptors (Lipinski definition) is 5. The molecule has 6 nitrogen and oxygen atoms in total. The minimum atomic E-state index is -1.06. The Hall–Kier alpha value is -2.50. The summed E-state index contributed by atoms with van der Waals surface area (Å²) in [6, 6.07) is 3.07. The quantitative estimate of drug-likeness (QED) is 0.849. The Balaban J connectivity index is 2.12. The molecule has 0 amide bonds. The van der Waals surface area contributed by atoms with E-state index in [2.05, 4.69) is 15.0 Å². The molecule has 0 fully saturated rings. The maximum atomic E-state index is 10.9. The van der Waals surface area contributed by atoms with E-state index in [9.17, 15) is 4.79 Å². The molecule has 0 aliphatic heterocycles. The molecule has 0 atom stereocenters. The third kappa shape index (κ3) is 2.75. The van der Waals surface area contributed by atoms with Crippen molar-refractivity contribution in [3.63, 3.8) is 0 Å². The average molecular weight is 231 g/mol. The predicted octanol–water partition coefficient (Wildman–Crippen LogP) is 1.15. The molecule has 0 radical (unpaired) electrons. The lowest BCUT2D eigenvalue weighted by molar-refractivity contribution is 0.0691. The third-order valence-corrected chi connectivity index (χ3v) is 1.99. The van der Waals surface area contributed by atoms with Crippen molar-refractivity contribution in [2.45, 2.75) is 6.61 Å². The van der Waals surface area contributed by atoms with E-state index < -0.39 is 5.97 Å². The van der Waals surface area contributed by atoms with Crippen LogP contribution in [0.2, 0.25) is 0 Å². The van der Waals surface area contributed by atoms with Crippen molar-refractivity contribution in [2.24, 2.45) is 0 Å². The van der Waals surface area contributed by atoms with Gasteiger partial charge < -0.3 is 9.84 Å². The van der Waals surface area contributed by atoms with Crippen LogP contribution in [-0.2, 0) is 6.61 Å². The molecule has 2 aromatic rings. The van der Waals surface area contributed by atoms with Gasteiger partial charge in [0.25, 0.3) is 0 Å². The molecule has 0 saturated heterocycles. The molecular weight excluding hydrogens is 222 g/mol. The molecular formula is C11H9N3O3. The van der Waals surface area contributed by atoms with E-state index in [1.807, 2.05) is 0 Å². The summed E-state index contributed by atoms with van der Waals surface area (Å²) in [6.45, 7) is 0.104. The van der Waals surface area contributed by atoms with Crippen molar-refractivity contribution in [1.29, 1.82) is 0 Å². The second-order valence-corrected chi connectivity index (χ2v) is 3.13. The highest BCUT2D eigenvalue weighted by molar-refractivity contribution is 5.90. The number of nitrogens with zero attached hydrogens (tertiary/aromatic N) is 3. The summed E-state index contributed by atoms with van der Waals surface area (Å²) >= 11 is 0. The summed E-state index contributed by atoms with van der Waals surface area (Å²) < 4.78 is 5.32. The van der Waals surface area contributed by atoms with Crippen LogP contribution in [0.15, 0.2) is 36.9 Å². The van der Waals surface area contributed by atoms with Gasteiger partial charge in [-0.1, -0.05) is 0 Å². The molecule has 0 aliphatic rings. The summed E-state index contributed by atoms with van der Waals surface area (Å²) in [5, 5.41) is 8.92. The van der Waals surface area contributed by atoms with E-state index in [1.165, 1.54) is 18.5 Å². The van der Waals surface area contributed by atoms with Crippen molar-refractivity contribution < 1.29 is 14.6 Å². The van der Waals surface area contributed by atoms with Gasteiger partial charge in [-0.15, -0.1) is 0 Å². The van der Waals surface area contributed by atoms with E-state index >= 15 is 0 Å². The fourth-order valence-electron chi connectivity index (χ4n) is 1.22. The molecule has 0 saturated carbocycles. The molecule has 2 aromatic heterocycles. The zero-order valence-corrected chi connectivity index (χ0v) is 8.78. The highest BCUT2D eigenvalue weighted by Gasteiger charge is 2.11. The summed E-state index contributed by atoms with van der Waals surface area (Å²) in [5.41, 5.74) is 0.0657. The minimum Gasteiger partial charge on any atom is -0.483 e. The fourth-order valence-corrected chi connectivity index (χ4v) is 1.22. The number of aromatic carboxylic acids is 1. The number of carbonyl (C=O) groups is 1. The van der Waals surface area contributed by atoms with Gasteiger partial charge in [0.2, 0.25) is 0 Å². The number of carboxylic acid groups (broad SMARTS) is 1. The smallest absolute Gasteiger partial charge is 0.339 e. The lowest BCUT2D eigenvalue weighted by Crippen LogP contribution is -2.05. The lowest BCUT2D eigenvalue weighted by atomic mass is 10.2. The van der Waals surface area contributed by atoms with Crippen molar-refractivity contribution in [2.75, 3.05) is 0 Å². The summed E-state index contributed by atoms with van der Waals surface area (Å²) in [5.74, 6) is -0.378. The van der Waals surface area contributed by atoms with Gasteiger partial charge >= 0.3 is 5.97 Å². The molecule has 86 valence electrons. The standard InChI is InChI=1S/C11H9N3O3/c15-11(16)8-2-5-12-6-9(8)17-7-10-13-3-1-4-14-10/h1-6H,7H2,(H,15,16). The van der Waals surface area contributed by atoms with Crippen LogP contribution in [0, 0.1) is 0 Å². The summed E-state index contributed by atoms with van der Waals surface area (Å²) in [6.07, 6.45) is 5.93. The van der Waals surface area contributed by atoms with Gasteiger partial charge in [0.15, 0.2) is 11.6 Å². The van der Waals surface area contributed by atoms with Gasteiger partial charge in [0.1, 0.15) is 12.2 Å². The summed E-state index contributed by atoms with van der Waals surface area (Å²) in [7, 11) is 0. The zero-order chi connectivity index (χ0) is 12.1. The summed E-state index contributed by atoms with van der Waals surface area (Å²) in [4.78, 5) is 22.6. The second kappa shape index (κ2) is 5.02. The monoisotopic (exact) mass is 231 g/mol. The molecule has 1 N–H and O–H groups in total. The SMILES string of the molecule is O=C(O)c1ccncc1OCc1ncccn1. The van der Waals surface area contributed by atoms with Crippen LogP contribution in [0.3, 0.4) is 0 Å². The van der Waals surface area contributed by atoms with E-state index in [4.69, 9.17) is 9.84 Å². The van der Waals surface area contributed by atoms with Gasteiger partial charge in [0.05, 0.1) is 6.20 Å². The van der Waals surface area contributed by atoms with Gasteiger partial charge in [-0.05, 0) is 12.1 Å². The largest absolute Gasteiger partial charge is 0.483 e. The van der Waals surface area contributed by atoms with Crippen LogP contribution in [0.4, 0.5) is 0 Å². The van der Waals surface area contributed by atoms with Crippen molar-refractivity contribution in [3.8, 4) is 5.75 Å². The molecule has 2 rings (SSSR count). The number of aromatic nitrogens is 3. The van der Waals surface area contributed by atoms with Crippen molar-refractivity contribution in [1.82, 2.24) is 15.0 Å². The van der Waals surface area contributed by atoms with Crippen molar-refractivity contribution >= 4 is 5.97 Å². The Morgan fingerprint density at radius 3 is 2.76 bits per heavy atom. The molecule has 17 heavy (non-hydrogen) atoms. The third-order valence-electron chi connectivity index (χ3n) is 1.99. The van der Waals surface area contributed by atoms with Gasteiger partial charge in [0, 0.05) is 18.6 Å². The van der Waals surface area contributed by atoms with Crippen molar-refractivity contribution in [3.05, 3.63) is 48.3 Å². The van der Waals surface area contributed by atoms with E-state index in [0.717, 1.165) is 0 Å². The molecule has 0 spiro atoms. The van der Waals surface area contributed by atoms with Crippen LogP contribution in [0.25, 0.3) is 0 Å². The second-order valence-electron chi connectivity index (χ2n) is 3.13. The van der Waals surface area contributed by atoms with E-state index in [0.29, 0.717) is 5.82 Å². The van der Waals surface area contributed by atoms with E-state index in [1.54, 1.807) is 18.5 Å². The topological polar surface area (TPSA) is 85.2 Å². The van der Waals surface area contributed by atoms with Crippen LogP contribution in [0.1, 0.15) is 16.2 Å². The van der Waals surface area contributed by atoms with Crippen LogP contribution in [-0.4, -0.2) is 26.0 Å². The maximum absolute atomic E-state index is 10.9. The molecule has 0 aromatic carbocycles. The van der Waals surface area contributed by atoms with Gasteiger partial charge in [-0.25, -0.2) is 14.8 Å². The first-order valence-electron chi connectivity index (χ1n) is 4.83. The first-order valence-corrected chi connectivity index (χ1v) is 4.83. The minimum absolute atomic E-state index is 0.0657. The van der Waals surface area contributed by atoms with E-state index in [-0.39, 0.29) is 17.9 Å². The van der Waals surface area contributed by atoms with Crippen LogP contribution in [0.5, 0.6) is 5.75 Å². The first kappa shape index (κ1) is 11.0. The first-order chi connectivity index (χ1) is 8.27. The Morgan fingerprint density at radius 2 is 2.06 bits per heavy atom. The molecule has 2 heterocycles. The predicted molar refractivity (Wildman–Crippen MR) is 57.6 cm³/mol. The number of rotatable bonds is 4. The zero-order valence-electron chi connectivity index (χ0n) is 8.78. The molecule has 0 aliphatic carbocycles. The molecule has 0 bridgehead atoms. The van der Waals surface area contributed by atoms with Gasteiger partial charge in [-0.2, -0.15) is 0 Å². The van der Waals surface area contributed by atoms with Gasteiger partial charge in [-0.3, -0.25) is 4.98 Å². The highest BCUT2D eigenvalue weighted by atomic mass is 16.5. The fraction of sp³-hybridized carbons (Fsp3) is 0.0909. The van der Waals surface area contributed by atoms with Crippen LogP contribution >= 0.6 is 0 Å². The average Bonchev–Trinajstić information content (AvgIpc) is 2.38. The number of hydrogen-bond donors (Lipinski definition) is 1. The normalized spacial score (nSPS) is 9.88. The maximum Gasteiger partial charge on any atom is 0.339 e. The Bertz CT molecular complexity index is 516. The highest BCUT2D eigenvalue weighted by Crippen LogP contribution is 2.16. The number of pyridine rings is 1. The van der Waals surface area contributed by atoms with Crippen LogP contribution < -0.4 is 4.74 Å². The Labute approximate surface area is 96.9 Å². The number of ether oxygens (including phenoxy) is 1.